The van der Waals surface area contributed by atoms with Crippen LogP contribution in [0, 0.1) is 11.3 Å². The Morgan fingerprint density at radius 3 is 2.60 bits per heavy atom. The third-order valence-electron chi connectivity index (χ3n) is 2.26. The Kier molecular flexibility index (Phi) is 4.82. The average molecular weight is 204 g/mol. The first-order valence-corrected chi connectivity index (χ1v) is 5.06. The molecule has 1 aromatic carbocycles. The molecule has 0 amide bonds. The lowest BCUT2D eigenvalue weighted by molar-refractivity contribution is 0.241. The molecule has 15 heavy (non-hydrogen) atoms. The number of aliphatic hydroxyl groups is 1. The topological polar surface area (TPSA) is 56.0 Å². The number of nitriles is 1. The van der Waals surface area contributed by atoms with Crippen molar-refractivity contribution in [2.24, 2.45) is 0 Å². The van der Waals surface area contributed by atoms with Gasteiger partial charge in [0, 0.05) is 12.1 Å². The minimum absolute atomic E-state index is 0.00153. The van der Waals surface area contributed by atoms with E-state index in [1.165, 1.54) is 0 Å². The zero-order valence-electron chi connectivity index (χ0n) is 8.85. The molecule has 0 aliphatic rings. The Balaban J connectivity index is 2.71. The van der Waals surface area contributed by atoms with Crippen LogP contribution in [0.15, 0.2) is 30.3 Å². The highest BCUT2D eigenvalue weighted by molar-refractivity contribution is 5.20. The Morgan fingerprint density at radius 1 is 1.40 bits per heavy atom. The van der Waals surface area contributed by atoms with Crippen LogP contribution in [0.5, 0.6) is 0 Å². The highest BCUT2D eigenvalue weighted by Crippen LogP contribution is 2.16. The van der Waals surface area contributed by atoms with E-state index in [1.807, 2.05) is 37.3 Å². The van der Waals surface area contributed by atoms with E-state index in [0.717, 1.165) is 5.56 Å². The van der Waals surface area contributed by atoms with Gasteiger partial charge in [0.1, 0.15) is 0 Å². The fourth-order valence-corrected chi connectivity index (χ4v) is 1.45. The third kappa shape index (κ3) is 3.70. The Morgan fingerprint density at radius 2 is 2.07 bits per heavy atom. The van der Waals surface area contributed by atoms with Crippen molar-refractivity contribution in [2.45, 2.75) is 25.4 Å². The van der Waals surface area contributed by atoms with Crippen LogP contribution in [0.1, 0.15) is 24.9 Å². The molecule has 0 radical (unpaired) electrons. The molecule has 0 saturated carbocycles. The summed E-state index contributed by atoms with van der Waals surface area (Å²) in [6, 6.07) is 12.0. The van der Waals surface area contributed by atoms with Gasteiger partial charge in [0.25, 0.3) is 0 Å². The lowest BCUT2D eigenvalue weighted by atomic mass is 10.0. The Hall–Kier alpha value is -1.37. The van der Waals surface area contributed by atoms with Crippen molar-refractivity contribution in [2.75, 3.05) is 6.61 Å². The van der Waals surface area contributed by atoms with Crippen molar-refractivity contribution in [1.82, 2.24) is 5.32 Å². The molecule has 0 fully saturated rings. The second-order valence-electron chi connectivity index (χ2n) is 3.58. The highest BCUT2D eigenvalue weighted by atomic mass is 16.3. The summed E-state index contributed by atoms with van der Waals surface area (Å²) in [5, 5.41) is 20.9. The van der Waals surface area contributed by atoms with Gasteiger partial charge in [-0.15, -0.1) is 0 Å². The summed E-state index contributed by atoms with van der Waals surface area (Å²) < 4.78 is 0. The second kappa shape index (κ2) is 6.18. The molecule has 1 aromatic rings. The summed E-state index contributed by atoms with van der Waals surface area (Å²) in [6.07, 6.45) is 0.411. The van der Waals surface area contributed by atoms with Gasteiger partial charge in [0.2, 0.25) is 0 Å². The maximum atomic E-state index is 8.95. The number of rotatable bonds is 5. The quantitative estimate of drug-likeness (QED) is 0.766. The molecule has 0 heterocycles. The van der Waals surface area contributed by atoms with Gasteiger partial charge < -0.3 is 10.4 Å². The van der Waals surface area contributed by atoms with Crippen molar-refractivity contribution in [3.05, 3.63) is 35.9 Å². The zero-order chi connectivity index (χ0) is 11.1. The van der Waals surface area contributed by atoms with Crippen LogP contribution in [0.4, 0.5) is 0 Å². The number of nitrogens with zero attached hydrogens (tertiary/aromatic N) is 1. The fraction of sp³-hybridized carbons (Fsp3) is 0.417. The van der Waals surface area contributed by atoms with Crippen molar-refractivity contribution >= 4 is 0 Å². The molecule has 0 aliphatic heterocycles. The SMILES string of the molecule is CC(CO)NC(CC#N)c1ccccc1. The van der Waals surface area contributed by atoms with Gasteiger partial charge in [-0.25, -0.2) is 0 Å². The Labute approximate surface area is 90.4 Å². The number of aliphatic hydroxyl groups excluding tert-OH is 1. The summed E-state index contributed by atoms with van der Waals surface area (Å²) in [6.45, 7) is 1.97. The maximum absolute atomic E-state index is 8.95. The van der Waals surface area contributed by atoms with Crippen LogP contribution < -0.4 is 5.32 Å². The number of nitrogens with one attached hydrogen (secondary N) is 1. The molecule has 0 saturated heterocycles. The van der Waals surface area contributed by atoms with Crippen molar-refractivity contribution in [3.63, 3.8) is 0 Å². The molecule has 0 aliphatic carbocycles. The van der Waals surface area contributed by atoms with Gasteiger partial charge in [-0.3, -0.25) is 0 Å². The summed E-state index contributed by atoms with van der Waals surface area (Å²) >= 11 is 0. The molecule has 3 nitrogen and oxygen atoms in total. The molecule has 0 spiro atoms. The van der Waals surface area contributed by atoms with Crippen molar-refractivity contribution in [1.29, 1.82) is 5.26 Å². The first-order chi connectivity index (χ1) is 7.27. The van der Waals surface area contributed by atoms with Gasteiger partial charge in [0.05, 0.1) is 19.1 Å². The van der Waals surface area contributed by atoms with E-state index >= 15 is 0 Å². The first-order valence-electron chi connectivity index (χ1n) is 5.06. The largest absolute Gasteiger partial charge is 0.395 e. The summed E-state index contributed by atoms with van der Waals surface area (Å²) in [4.78, 5) is 0. The van der Waals surface area contributed by atoms with Gasteiger partial charge in [0.15, 0.2) is 0 Å². The van der Waals surface area contributed by atoms with Crippen LogP contribution in [-0.4, -0.2) is 17.8 Å². The van der Waals surface area contributed by atoms with Crippen LogP contribution in [0.2, 0.25) is 0 Å². The molecular weight excluding hydrogens is 188 g/mol. The predicted octanol–water partition coefficient (Wildman–Crippen LogP) is 1.61. The second-order valence-corrected chi connectivity index (χ2v) is 3.58. The minimum Gasteiger partial charge on any atom is -0.395 e. The standard InChI is InChI=1S/C12H16N2O/c1-10(9-15)14-12(7-8-13)11-5-3-2-4-6-11/h2-6,10,12,14-15H,7,9H2,1H3. The highest BCUT2D eigenvalue weighted by Gasteiger charge is 2.12. The molecule has 2 atom stereocenters. The monoisotopic (exact) mass is 204 g/mol. The van der Waals surface area contributed by atoms with E-state index in [0.29, 0.717) is 6.42 Å². The number of hydrogen-bond acceptors (Lipinski definition) is 3. The lowest BCUT2D eigenvalue weighted by Gasteiger charge is -2.20. The van der Waals surface area contributed by atoms with Crippen LogP contribution >= 0.6 is 0 Å². The smallest absolute Gasteiger partial charge is 0.0641 e. The van der Waals surface area contributed by atoms with Crippen molar-refractivity contribution in [3.8, 4) is 6.07 Å². The molecule has 1 rings (SSSR count). The molecule has 2 N–H and O–H groups in total. The fourth-order valence-electron chi connectivity index (χ4n) is 1.45. The minimum atomic E-state index is -0.00153. The van der Waals surface area contributed by atoms with E-state index in [4.69, 9.17) is 10.4 Å². The zero-order valence-corrected chi connectivity index (χ0v) is 8.85. The lowest BCUT2D eigenvalue weighted by Crippen LogP contribution is -2.33. The van der Waals surface area contributed by atoms with E-state index in [1.54, 1.807) is 0 Å². The maximum Gasteiger partial charge on any atom is 0.0641 e. The van der Waals surface area contributed by atoms with Crippen LogP contribution in [0.3, 0.4) is 0 Å². The van der Waals surface area contributed by atoms with Crippen molar-refractivity contribution < 1.29 is 5.11 Å². The van der Waals surface area contributed by atoms with E-state index < -0.39 is 0 Å². The molecule has 0 aromatic heterocycles. The third-order valence-corrected chi connectivity index (χ3v) is 2.26. The van der Waals surface area contributed by atoms with Gasteiger partial charge in [-0.05, 0) is 12.5 Å². The molecule has 0 bridgehead atoms. The summed E-state index contributed by atoms with van der Waals surface area (Å²) in [5.41, 5.74) is 1.08. The molecule has 3 heteroatoms. The van der Waals surface area contributed by atoms with E-state index in [-0.39, 0.29) is 18.7 Å². The number of hydrogen-bond donors (Lipinski definition) is 2. The molecular formula is C12H16N2O. The van der Waals surface area contributed by atoms with Gasteiger partial charge in [-0.1, -0.05) is 30.3 Å². The summed E-state index contributed by atoms with van der Waals surface area (Å²) in [7, 11) is 0. The molecule has 80 valence electrons. The number of benzene rings is 1. The van der Waals surface area contributed by atoms with Crippen LogP contribution in [-0.2, 0) is 0 Å². The van der Waals surface area contributed by atoms with Crippen LogP contribution in [0.25, 0.3) is 0 Å². The van der Waals surface area contributed by atoms with Gasteiger partial charge in [-0.2, -0.15) is 5.26 Å². The Bertz CT molecular complexity index is 318. The average Bonchev–Trinajstić information content (AvgIpc) is 2.29. The first kappa shape index (κ1) is 11.7. The summed E-state index contributed by atoms with van der Waals surface area (Å²) in [5.74, 6) is 0. The normalized spacial score (nSPS) is 14.2. The van der Waals surface area contributed by atoms with Gasteiger partial charge >= 0.3 is 0 Å². The molecule has 2 unspecified atom stereocenters. The van der Waals surface area contributed by atoms with E-state index in [9.17, 15) is 0 Å². The predicted molar refractivity (Wildman–Crippen MR) is 59.1 cm³/mol. The van der Waals surface area contributed by atoms with E-state index in [2.05, 4.69) is 11.4 Å².